The molecule has 0 aromatic heterocycles. The van der Waals surface area contributed by atoms with Crippen molar-refractivity contribution >= 4 is 35.8 Å². The van der Waals surface area contributed by atoms with E-state index in [1.807, 2.05) is 27.7 Å². The molecule has 3 aliphatic heterocycles. The van der Waals surface area contributed by atoms with Gasteiger partial charge in [-0.2, -0.15) is 0 Å². The highest BCUT2D eigenvalue weighted by molar-refractivity contribution is 5.78. The number of hydrogen-bond acceptors (Lipinski definition) is 18. The SMILES string of the molecule is CC[C@@H](OC(C)=O)[C@@H](C)[C@@H]1O[C@@](O[C@@H]2C(OC(C)=O)[C@H](O[C@H]3C(C)C(OC(C)=O)[C@H](O)O[C@H]3COC(C)=O)OC(COC(C)=O)[C@@H]2C)(C(=O)OC)CC(C)[C@H]1C. The van der Waals surface area contributed by atoms with E-state index in [2.05, 4.69) is 0 Å². The summed E-state index contributed by atoms with van der Waals surface area (Å²) >= 11 is 0. The van der Waals surface area contributed by atoms with Crippen molar-refractivity contribution in [2.75, 3.05) is 20.3 Å². The van der Waals surface area contributed by atoms with Gasteiger partial charge in [-0.05, 0) is 18.3 Å². The van der Waals surface area contributed by atoms with Gasteiger partial charge in [-0.15, -0.1) is 0 Å². The topological polar surface area (TPSA) is 224 Å². The summed E-state index contributed by atoms with van der Waals surface area (Å²) in [6, 6.07) is 0. The van der Waals surface area contributed by atoms with Crippen molar-refractivity contribution in [3.8, 4) is 0 Å². The van der Waals surface area contributed by atoms with Gasteiger partial charge in [0.2, 0.25) is 0 Å². The Morgan fingerprint density at radius 3 is 1.82 bits per heavy atom. The second-order valence-corrected chi connectivity index (χ2v) is 15.0. The maximum absolute atomic E-state index is 14.0. The average molecular weight is 805 g/mol. The van der Waals surface area contributed by atoms with E-state index in [1.165, 1.54) is 27.9 Å². The van der Waals surface area contributed by atoms with E-state index in [0.29, 0.717) is 6.42 Å². The van der Waals surface area contributed by atoms with Gasteiger partial charge in [-0.25, -0.2) is 4.79 Å². The van der Waals surface area contributed by atoms with Crippen LogP contribution in [0, 0.1) is 29.6 Å². The molecule has 0 amide bonds. The van der Waals surface area contributed by atoms with Crippen LogP contribution in [0.2, 0.25) is 0 Å². The number of carbonyl (C=O) groups is 6. The van der Waals surface area contributed by atoms with Crippen LogP contribution in [-0.4, -0.2) is 128 Å². The highest BCUT2D eigenvalue weighted by atomic mass is 16.8. The second-order valence-electron chi connectivity index (χ2n) is 15.0. The van der Waals surface area contributed by atoms with Gasteiger partial charge < -0.3 is 57.2 Å². The molecule has 3 rings (SSSR count). The van der Waals surface area contributed by atoms with Crippen LogP contribution < -0.4 is 0 Å². The van der Waals surface area contributed by atoms with Crippen LogP contribution in [-0.2, 0) is 80.9 Å². The standard InChI is InChI=1S/C38H60O18/c1-13-27(49-24(9)41)19(4)30-18(3)17(2)14-38(55-30,37(45)46-12)56-32-20(5)28(15-47-22(7)39)53-36(34(32)51-26(11)43)54-31-21(6)33(50-25(10)42)35(44)52-29(31)16-48-23(8)40/h17-21,27-36,44H,13-16H2,1-12H3/t17?,18-,19-,20+,21?,27-,28?,29+,30-,31+,32+,33?,34?,35-,36+,38+/m1/s1. The number of esters is 6. The van der Waals surface area contributed by atoms with E-state index >= 15 is 0 Å². The molecule has 0 aliphatic carbocycles. The molecule has 18 heteroatoms. The quantitative estimate of drug-likeness (QED) is 0.185. The van der Waals surface area contributed by atoms with Crippen molar-refractivity contribution in [3.05, 3.63) is 0 Å². The lowest BCUT2D eigenvalue weighted by atomic mass is 9.76. The fraction of sp³-hybridized carbons (Fsp3) is 0.842. The third-order valence-electron chi connectivity index (χ3n) is 10.8. The number of aliphatic hydroxyl groups excluding tert-OH is 1. The first-order valence-electron chi connectivity index (χ1n) is 19.0. The Bertz CT molecular complexity index is 1390. The minimum atomic E-state index is -2.09. The molecule has 3 aliphatic rings. The Kier molecular flexibility index (Phi) is 17.0. The normalized spacial score (nSPS) is 36.9. The van der Waals surface area contributed by atoms with Crippen molar-refractivity contribution < 1.29 is 86.0 Å². The van der Waals surface area contributed by atoms with Gasteiger partial charge in [0.05, 0.1) is 19.3 Å². The summed E-state index contributed by atoms with van der Waals surface area (Å²) in [6.45, 7) is 16.2. The Balaban J connectivity index is 2.16. The summed E-state index contributed by atoms with van der Waals surface area (Å²) in [5, 5.41) is 10.8. The average Bonchev–Trinajstić information content (AvgIpc) is 3.11. The van der Waals surface area contributed by atoms with Crippen molar-refractivity contribution in [2.45, 2.75) is 156 Å². The van der Waals surface area contributed by atoms with E-state index in [-0.39, 0.29) is 24.9 Å². The smallest absolute Gasteiger partial charge is 0.366 e. The number of methoxy groups -OCH3 is 1. The molecule has 56 heavy (non-hydrogen) atoms. The summed E-state index contributed by atoms with van der Waals surface area (Å²) in [5.41, 5.74) is 0. The molecule has 3 saturated heterocycles. The molecule has 320 valence electrons. The monoisotopic (exact) mass is 804 g/mol. The molecular formula is C38H60O18. The van der Waals surface area contributed by atoms with E-state index in [9.17, 15) is 33.9 Å². The second kappa shape index (κ2) is 20.3. The first kappa shape index (κ1) is 47.0. The van der Waals surface area contributed by atoms with Crippen molar-refractivity contribution in [1.82, 2.24) is 0 Å². The zero-order valence-corrected chi connectivity index (χ0v) is 34.4. The fourth-order valence-electron chi connectivity index (χ4n) is 7.72. The zero-order chi connectivity index (χ0) is 42.2. The van der Waals surface area contributed by atoms with Crippen LogP contribution in [0.25, 0.3) is 0 Å². The van der Waals surface area contributed by atoms with Crippen molar-refractivity contribution in [3.63, 3.8) is 0 Å². The number of rotatable bonds is 15. The van der Waals surface area contributed by atoms with Crippen LogP contribution >= 0.6 is 0 Å². The van der Waals surface area contributed by atoms with Gasteiger partial charge in [0.1, 0.15) is 37.6 Å². The third-order valence-corrected chi connectivity index (χ3v) is 10.8. The molecule has 16 atom stereocenters. The van der Waals surface area contributed by atoms with E-state index in [4.69, 9.17) is 52.1 Å². The number of carbonyl (C=O) groups excluding carboxylic acids is 6. The molecule has 0 spiro atoms. The van der Waals surface area contributed by atoms with Crippen LogP contribution in [0.15, 0.2) is 0 Å². The first-order chi connectivity index (χ1) is 26.2. The molecule has 0 aromatic rings. The number of aliphatic hydroxyl groups is 1. The van der Waals surface area contributed by atoms with Gasteiger partial charge >= 0.3 is 35.8 Å². The molecule has 3 heterocycles. The maximum atomic E-state index is 14.0. The summed E-state index contributed by atoms with van der Waals surface area (Å²) in [6.07, 6.45) is -11.2. The van der Waals surface area contributed by atoms with E-state index in [0.717, 1.165) is 13.8 Å². The largest absolute Gasteiger partial charge is 0.465 e. The van der Waals surface area contributed by atoms with Gasteiger partial charge in [0.15, 0.2) is 24.8 Å². The lowest BCUT2D eigenvalue weighted by molar-refractivity contribution is -0.376. The van der Waals surface area contributed by atoms with E-state index in [1.54, 1.807) is 13.8 Å². The maximum Gasteiger partial charge on any atom is 0.366 e. The molecular weight excluding hydrogens is 744 g/mol. The highest BCUT2D eigenvalue weighted by Gasteiger charge is 2.59. The minimum absolute atomic E-state index is 0.00529. The summed E-state index contributed by atoms with van der Waals surface area (Å²) in [5.74, 6) is -8.62. The van der Waals surface area contributed by atoms with Gasteiger partial charge in [-0.1, -0.05) is 41.5 Å². The minimum Gasteiger partial charge on any atom is -0.465 e. The van der Waals surface area contributed by atoms with Gasteiger partial charge in [0, 0.05) is 58.8 Å². The van der Waals surface area contributed by atoms with Crippen LogP contribution in [0.1, 0.15) is 89.0 Å². The number of hydrogen-bond donors (Lipinski definition) is 1. The van der Waals surface area contributed by atoms with Gasteiger partial charge in [-0.3, -0.25) is 24.0 Å². The summed E-state index contributed by atoms with van der Waals surface area (Å²) in [7, 11) is 1.18. The Labute approximate surface area is 327 Å². The molecule has 0 saturated carbocycles. The molecule has 3 fully saturated rings. The van der Waals surface area contributed by atoms with Crippen LogP contribution in [0.4, 0.5) is 0 Å². The van der Waals surface area contributed by atoms with Crippen LogP contribution in [0.5, 0.6) is 0 Å². The zero-order valence-electron chi connectivity index (χ0n) is 34.4. The number of ether oxygens (including phenoxy) is 11. The molecule has 0 bridgehead atoms. The van der Waals surface area contributed by atoms with Gasteiger partial charge in [0.25, 0.3) is 5.79 Å². The summed E-state index contributed by atoms with van der Waals surface area (Å²) < 4.78 is 64.8. The molecule has 5 unspecified atom stereocenters. The predicted molar refractivity (Wildman–Crippen MR) is 190 cm³/mol. The predicted octanol–water partition coefficient (Wildman–Crippen LogP) is 2.37. The first-order valence-corrected chi connectivity index (χ1v) is 19.0. The molecule has 0 radical (unpaired) electrons. The third kappa shape index (κ3) is 11.6. The Morgan fingerprint density at radius 1 is 0.732 bits per heavy atom. The highest BCUT2D eigenvalue weighted by Crippen LogP contribution is 2.45. The van der Waals surface area contributed by atoms with Crippen molar-refractivity contribution in [2.24, 2.45) is 29.6 Å². The van der Waals surface area contributed by atoms with Crippen LogP contribution in [0.3, 0.4) is 0 Å². The lowest BCUT2D eigenvalue weighted by Crippen LogP contribution is -2.66. The lowest BCUT2D eigenvalue weighted by Gasteiger charge is -2.52. The van der Waals surface area contributed by atoms with E-state index < -0.39 is 127 Å². The summed E-state index contributed by atoms with van der Waals surface area (Å²) in [4.78, 5) is 74.7. The Hall–Kier alpha value is -3.42. The Morgan fingerprint density at radius 2 is 1.30 bits per heavy atom. The fourth-order valence-corrected chi connectivity index (χ4v) is 7.72. The molecule has 18 nitrogen and oxygen atoms in total. The molecule has 1 N–H and O–H groups in total. The van der Waals surface area contributed by atoms with Crippen molar-refractivity contribution in [1.29, 1.82) is 0 Å². The molecule has 0 aromatic carbocycles.